The lowest BCUT2D eigenvalue weighted by atomic mass is 9.99. The molecule has 51 heavy (non-hydrogen) atoms. The van der Waals surface area contributed by atoms with E-state index in [1.165, 1.54) is 81.7 Å². The van der Waals surface area contributed by atoms with Crippen molar-refractivity contribution in [2.24, 2.45) is 0 Å². The molecule has 0 aliphatic carbocycles. The number of likely N-dealkylation sites (N-methyl/N-ethyl adjacent to an activating group) is 1. The number of imide groups is 1. The maximum atomic E-state index is 14.4. The van der Waals surface area contributed by atoms with Gasteiger partial charge >= 0.3 is 11.7 Å². The van der Waals surface area contributed by atoms with Crippen LogP contribution in [0.2, 0.25) is 0 Å². The molecule has 0 radical (unpaired) electrons. The summed E-state index contributed by atoms with van der Waals surface area (Å²) in [5.74, 6) is -1.00. The average Bonchev–Trinajstić information content (AvgIpc) is 3.09. The molecule has 10 nitrogen and oxygen atoms in total. The summed E-state index contributed by atoms with van der Waals surface area (Å²) in [6.45, 7) is 6.88. The van der Waals surface area contributed by atoms with Crippen molar-refractivity contribution in [1.82, 2.24) is 15.1 Å². The fourth-order valence-corrected chi connectivity index (χ4v) is 6.02. The second-order valence-corrected chi connectivity index (χ2v) is 13.4. The minimum Gasteiger partial charge on any atom is -0.481 e. The Labute approximate surface area is 302 Å². The summed E-state index contributed by atoms with van der Waals surface area (Å²) in [6.07, 6.45) is 13.0. The van der Waals surface area contributed by atoms with Gasteiger partial charge < -0.3 is 24.7 Å². The first kappa shape index (κ1) is 41.2. The van der Waals surface area contributed by atoms with E-state index in [2.05, 4.69) is 17.6 Å². The third-order valence-electron chi connectivity index (χ3n) is 8.82. The van der Waals surface area contributed by atoms with E-state index in [1.807, 2.05) is 19.0 Å². The van der Waals surface area contributed by atoms with E-state index in [9.17, 15) is 23.6 Å². The number of hydrogen-bond donors (Lipinski definition) is 2. The second-order valence-electron chi connectivity index (χ2n) is 13.4. The number of amides is 4. The van der Waals surface area contributed by atoms with Gasteiger partial charge in [0.25, 0.3) is 5.91 Å². The summed E-state index contributed by atoms with van der Waals surface area (Å²) in [7, 11) is 3.89. The topological polar surface area (TPSA) is 121 Å². The van der Waals surface area contributed by atoms with E-state index in [0.717, 1.165) is 37.1 Å². The van der Waals surface area contributed by atoms with Crippen LogP contribution in [0.4, 0.5) is 14.9 Å². The minimum atomic E-state index is -1.01. The summed E-state index contributed by atoms with van der Waals surface area (Å²) < 4.78 is 25.8. The standard InChI is InChI=1S/C40H57FN4O6/c1-6-8-9-10-11-12-13-14-15-16-17-19-37(46)43-35-26-30(41)20-22-32(35)34-28-38(47)51-36-27-31(21-23-33(34)36)50-29(3)39(48)45(7-2)40(49)42-24-18-25-44(4)5/h20-23,26-29H,6-19,24-25H2,1-5H3,(H,42,49)(H,43,46). The number of unbranched alkanes of at least 4 members (excludes halogenated alkanes) is 10. The van der Waals surface area contributed by atoms with Crippen LogP contribution in [0.3, 0.4) is 0 Å². The number of halogens is 1. The van der Waals surface area contributed by atoms with Crippen LogP contribution in [0.15, 0.2) is 51.7 Å². The van der Waals surface area contributed by atoms with Gasteiger partial charge in [-0.2, -0.15) is 0 Å². The molecule has 0 aliphatic heterocycles. The number of carbonyl (C=O) groups excluding carboxylic acids is 3. The molecule has 0 fully saturated rings. The number of hydrogen-bond acceptors (Lipinski definition) is 7. The molecule has 2 aromatic carbocycles. The van der Waals surface area contributed by atoms with Gasteiger partial charge in [-0.1, -0.05) is 71.1 Å². The van der Waals surface area contributed by atoms with Gasteiger partial charge in [0.05, 0.1) is 5.69 Å². The maximum Gasteiger partial charge on any atom is 0.336 e. The molecule has 4 amide bonds. The Hall–Kier alpha value is -4.25. The molecule has 3 rings (SSSR count). The van der Waals surface area contributed by atoms with Crippen LogP contribution in [0, 0.1) is 5.82 Å². The van der Waals surface area contributed by atoms with E-state index >= 15 is 0 Å². The fourth-order valence-electron chi connectivity index (χ4n) is 6.02. The molecule has 0 spiro atoms. The van der Waals surface area contributed by atoms with Gasteiger partial charge in [-0.05, 0) is 77.7 Å². The number of nitrogens with one attached hydrogen (secondary N) is 2. The maximum absolute atomic E-state index is 14.4. The molecule has 11 heteroatoms. The average molecular weight is 709 g/mol. The zero-order valence-corrected chi connectivity index (χ0v) is 31.2. The first-order chi connectivity index (χ1) is 24.5. The summed E-state index contributed by atoms with van der Waals surface area (Å²) in [6, 6.07) is 9.66. The van der Waals surface area contributed by atoms with Crippen LogP contribution in [0.1, 0.15) is 104 Å². The number of benzene rings is 2. The Morgan fingerprint density at radius 3 is 2.16 bits per heavy atom. The summed E-state index contributed by atoms with van der Waals surface area (Å²) in [4.78, 5) is 54.6. The third kappa shape index (κ3) is 13.8. The molecule has 1 unspecified atom stereocenters. The van der Waals surface area contributed by atoms with Crippen molar-refractivity contribution in [2.45, 2.75) is 110 Å². The predicted octanol–water partition coefficient (Wildman–Crippen LogP) is 8.52. The Morgan fingerprint density at radius 1 is 0.843 bits per heavy atom. The molecular formula is C40H57FN4O6. The molecule has 1 heterocycles. The minimum absolute atomic E-state index is 0.165. The van der Waals surface area contributed by atoms with E-state index < -0.39 is 29.5 Å². The molecule has 280 valence electrons. The molecule has 0 saturated carbocycles. The third-order valence-corrected chi connectivity index (χ3v) is 8.82. The van der Waals surface area contributed by atoms with Crippen LogP contribution in [-0.2, 0) is 9.59 Å². The monoisotopic (exact) mass is 708 g/mol. The van der Waals surface area contributed by atoms with Gasteiger partial charge in [-0.3, -0.25) is 14.5 Å². The van der Waals surface area contributed by atoms with E-state index in [0.29, 0.717) is 29.5 Å². The van der Waals surface area contributed by atoms with Crippen LogP contribution < -0.4 is 21.0 Å². The van der Waals surface area contributed by atoms with Gasteiger partial charge in [-0.25, -0.2) is 14.0 Å². The van der Waals surface area contributed by atoms with Crippen molar-refractivity contribution in [3.63, 3.8) is 0 Å². The summed E-state index contributed by atoms with van der Waals surface area (Å²) in [5.41, 5.74) is 0.709. The summed E-state index contributed by atoms with van der Waals surface area (Å²) in [5, 5.41) is 6.15. The number of nitrogens with zero attached hydrogens (tertiary/aromatic N) is 2. The molecule has 0 aliphatic rings. The number of rotatable bonds is 22. The molecule has 0 bridgehead atoms. The molecule has 1 atom stereocenters. The highest BCUT2D eigenvalue weighted by atomic mass is 19.1. The normalized spacial score (nSPS) is 11.8. The lowest BCUT2D eigenvalue weighted by molar-refractivity contribution is -0.134. The van der Waals surface area contributed by atoms with Gasteiger partial charge in [0.2, 0.25) is 5.91 Å². The largest absolute Gasteiger partial charge is 0.481 e. The predicted molar refractivity (Wildman–Crippen MR) is 202 cm³/mol. The molecule has 0 saturated heterocycles. The Bertz CT molecular complexity index is 1620. The molecule has 3 aromatic rings. The van der Waals surface area contributed by atoms with Crippen molar-refractivity contribution in [1.29, 1.82) is 0 Å². The number of fused-ring (bicyclic) bond motifs is 1. The van der Waals surface area contributed by atoms with Crippen LogP contribution in [0.5, 0.6) is 5.75 Å². The van der Waals surface area contributed by atoms with Crippen molar-refractivity contribution in [3.05, 3.63) is 58.7 Å². The number of ether oxygens (including phenoxy) is 1. The van der Waals surface area contributed by atoms with Crippen molar-refractivity contribution < 1.29 is 27.9 Å². The second kappa shape index (κ2) is 21.9. The Morgan fingerprint density at radius 2 is 1.51 bits per heavy atom. The molecule has 1 aromatic heterocycles. The fraction of sp³-hybridized carbons (Fsp3) is 0.550. The lowest BCUT2D eigenvalue weighted by Crippen LogP contribution is -2.48. The van der Waals surface area contributed by atoms with E-state index in [4.69, 9.17) is 9.15 Å². The van der Waals surface area contributed by atoms with Crippen molar-refractivity contribution in [3.8, 4) is 16.9 Å². The highest BCUT2D eigenvalue weighted by Gasteiger charge is 2.26. The number of carbonyl (C=O) groups is 3. The van der Waals surface area contributed by atoms with Crippen molar-refractivity contribution >= 4 is 34.5 Å². The van der Waals surface area contributed by atoms with Gasteiger partial charge in [0, 0.05) is 48.2 Å². The van der Waals surface area contributed by atoms with Crippen LogP contribution >= 0.6 is 0 Å². The zero-order chi connectivity index (χ0) is 37.2. The zero-order valence-electron chi connectivity index (χ0n) is 31.2. The van der Waals surface area contributed by atoms with E-state index in [-0.39, 0.29) is 29.5 Å². The van der Waals surface area contributed by atoms with Gasteiger partial charge in [-0.15, -0.1) is 0 Å². The van der Waals surface area contributed by atoms with E-state index in [1.54, 1.807) is 26.0 Å². The molecular weight excluding hydrogens is 651 g/mol. The lowest BCUT2D eigenvalue weighted by Gasteiger charge is -2.24. The highest BCUT2D eigenvalue weighted by Crippen LogP contribution is 2.35. The first-order valence-corrected chi connectivity index (χ1v) is 18.6. The Balaban J connectivity index is 1.64. The number of urea groups is 1. The Kier molecular flexibility index (Phi) is 17.6. The smallest absolute Gasteiger partial charge is 0.336 e. The van der Waals surface area contributed by atoms with Gasteiger partial charge in [0.15, 0.2) is 6.10 Å². The number of anilines is 1. The first-order valence-electron chi connectivity index (χ1n) is 18.6. The highest BCUT2D eigenvalue weighted by molar-refractivity contribution is 6.01. The quantitative estimate of drug-likeness (QED) is 0.0793. The van der Waals surface area contributed by atoms with Gasteiger partial charge in [0.1, 0.15) is 17.1 Å². The van der Waals surface area contributed by atoms with Crippen molar-refractivity contribution in [2.75, 3.05) is 39.0 Å². The summed E-state index contributed by atoms with van der Waals surface area (Å²) >= 11 is 0. The molecule has 2 N–H and O–H groups in total. The SMILES string of the molecule is CCCCCCCCCCCCCC(=O)Nc1cc(F)ccc1-c1cc(=O)oc2cc(OC(C)C(=O)N(CC)C(=O)NCCCN(C)C)ccc12. The van der Waals surface area contributed by atoms with Crippen LogP contribution in [-0.4, -0.2) is 67.5 Å². The van der Waals surface area contributed by atoms with Crippen LogP contribution in [0.25, 0.3) is 22.1 Å².